The van der Waals surface area contributed by atoms with Crippen LogP contribution in [0.4, 0.5) is 0 Å². The number of rotatable bonds is 4. The summed E-state index contributed by atoms with van der Waals surface area (Å²) >= 11 is 1.52. The fourth-order valence-corrected chi connectivity index (χ4v) is 2.97. The van der Waals surface area contributed by atoms with Gasteiger partial charge >= 0.3 is 0 Å². The monoisotopic (exact) mass is 288 g/mol. The molecule has 0 atom stereocenters. The van der Waals surface area contributed by atoms with Gasteiger partial charge in [-0.15, -0.1) is 11.8 Å². The Kier molecular flexibility index (Phi) is 4.29. The van der Waals surface area contributed by atoms with Crippen molar-refractivity contribution in [3.05, 3.63) is 34.5 Å². The highest BCUT2D eigenvalue weighted by Gasteiger charge is 2.11. The first-order chi connectivity index (χ1) is 8.44. The van der Waals surface area contributed by atoms with Gasteiger partial charge in [0.2, 0.25) is 0 Å². The first-order valence-corrected chi connectivity index (χ1v) is 8.25. The van der Waals surface area contributed by atoms with Gasteiger partial charge < -0.3 is 10.3 Å². The van der Waals surface area contributed by atoms with Crippen molar-refractivity contribution < 1.29 is 12.6 Å². The van der Waals surface area contributed by atoms with Crippen LogP contribution in [0.5, 0.6) is 0 Å². The minimum absolute atomic E-state index is 0.131. The van der Waals surface area contributed by atoms with Gasteiger partial charge in [0, 0.05) is 17.3 Å². The van der Waals surface area contributed by atoms with E-state index in [2.05, 4.69) is 0 Å². The highest BCUT2D eigenvalue weighted by molar-refractivity contribution is 7.99. The highest BCUT2D eigenvalue weighted by Crippen LogP contribution is 2.30. The molecule has 1 aliphatic heterocycles. The van der Waals surface area contributed by atoms with Crippen LogP contribution >= 0.6 is 11.8 Å². The van der Waals surface area contributed by atoms with Gasteiger partial charge in [-0.1, -0.05) is 12.1 Å². The van der Waals surface area contributed by atoms with Crippen LogP contribution in [0.2, 0.25) is 0 Å². The predicted octanol–water partition coefficient (Wildman–Crippen LogP) is 1.57. The second-order valence-corrected chi connectivity index (χ2v) is 6.76. The summed E-state index contributed by atoms with van der Waals surface area (Å²) < 4.78 is 26.3. The normalized spacial score (nSPS) is 16.6. The van der Waals surface area contributed by atoms with E-state index in [1.54, 1.807) is 0 Å². The van der Waals surface area contributed by atoms with Crippen LogP contribution in [0.3, 0.4) is 0 Å². The maximum atomic E-state index is 11.3. The second kappa shape index (κ2) is 5.58. The van der Waals surface area contributed by atoms with Crippen molar-refractivity contribution in [2.75, 3.05) is 18.7 Å². The zero-order valence-electron chi connectivity index (χ0n) is 9.96. The summed E-state index contributed by atoms with van der Waals surface area (Å²) in [6, 6.07) is 5.86. The summed E-state index contributed by atoms with van der Waals surface area (Å²) in [6.45, 7) is 0.523. The van der Waals surface area contributed by atoms with E-state index in [0.717, 1.165) is 27.3 Å². The van der Waals surface area contributed by atoms with Crippen molar-refractivity contribution >= 4 is 21.9 Å². The van der Waals surface area contributed by atoms with E-state index in [1.807, 2.05) is 18.2 Å². The number of hydroxylamine groups is 2. The van der Waals surface area contributed by atoms with Crippen LogP contribution < -0.4 is 0 Å². The van der Waals surface area contributed by atoms with Crippen molar-refractivity contribution in [1.29, 1.82) is 0 Å². The number of hydrogen-bond acceptors (Lipinski definition) is 6. The van der Waals surface area contributed by atoms with Gasteiger partial charge in [0.05, 0.1) is 12.9 Å². The Labute approximate surface area is 111 Å². The number of fused-ring (bicyclic) bond motifs is 1. The van der Waals surface area contributed by atoms with Gasteiger partial charge in [-0.2, -0.15) is 8.42 Å². The largest absolute Gasteiger partial charge is 0.784 e. The minimum Gasteiger partial charge on any atom is -0.784 e. The van der Waals surface area contributed by atoms with E-state index < -0.39 is 10.1 Å². The van der Waals surface area contributed by atoms with Crippen LogP contribution in [0.1, 0.15) is 11.1 Å². The van der Waals surface area contributed by atoms with Crippen molar-refractivity contribution in [2.45, 2.75) is 17.9 Å². The molecule has 0 fully saturated rings. The first kappa shape index (κ1) is 13.8. The molecule has 1 heterocycles. The fraction of sp³-hybridized carbons (Fsp3) is 0.455. The van der Waals surface area contributed by atoms with E-state index in [9.17, 15) is 13.6 Å². The third-order valence-electron chi connectivity index (χ3n) is 2.52. The number of hydrogen-bond donors (Lipinski definition) is 0. The summed E-state index contributed by atoms with van der Waals surface area (Å²) in [7, 11) is -3.38. The number of thioether (sulfide) groups is 1. The van der Waals surface area contributed by atoms with Gasteiger partial charge in [0.25, 0.3) is 10.1 Å². The van der Waals surface area contributed by atoms with Crippen molar-refractivity contribution in [1.82, 2.24) is 5.06 Å². The Morgan fingerprint density at radius 3 is 3.00 bits per heavy atom. The SMILES string of the molecule is CS(=O)(=O)OCCc1ccc2c(c1)CN([O-])CS2. The third-order valence-corrected chi connectivity index (χ3v) is 4.24. The van der Waals surface area contributed by atoms with Gasteiger partial charge in [-0.25, -0.2) is 0 Å². The lowest BCUT2D eigenvalue weighted by molar-refractivity contribution is 0.326. The van der Waals surface area contributed by atoms with Crippen molar-refractivity contribution in [3.8, 4) is 0 Å². The van der Waals surface area contributed by atoms with Crippen LogP contribution in [0, 0.1) is 5.21 Å². The molecule has 0 saturated carbocycles. The quantitative estimate of drug-likeness (QED) is 0.783. The molecule has 0 N–H and O–H groups in total. The van der Waals surface area contributed by atoms with Crippen LogP contribution in [-0.4, -0.2) is 32.2 Å². The Hall–Kier alpha value is -0.600. The second-order valence-electron chi connectivity index (χ2n) is 4.13. The molecule has 0 spiro atoms. The molecule has 0 radical (unpaired) electrons. The predicted molar refractivity (Wildman–Crippen MR) is 70.6 cm³/mol. The molecule has 1 aromatic carbocycles. The summed E-state index contributed by atoms with van der Waals surface area (Å²) in [5, 5.41) is 12.3. The lowest BCUT2D eigenvalue weighted by Crippen LogP contribution is -2.19. The molecule has 5 nitrogen and oxygen atoms in total. The summed E-state index contributed by atoms with van der Waals surface area (Å²) in [5.74, 6) is 0.462. The molecule has 0 amide bonds. The molecule has 0 unspecified atom stereocenters. The maximum absolute atomic E-state index is 11.3. The van der Waals surface area contributed by atoms with Gasteiger partial charge in [-0.3, -0.25) is 4.18 Å². The molecule has 0 bridgehead atoms. The van der Waals surface area contributed by atoms with E-state index in [4.69, 9.17) is 4.18 Å². The molecule has 1 aliphatic rings. The lowest BCUT2D eigenvalue weighted by atomic mass is 10.1. The molecule has 7 heteroatoms. The highest BCUT2D eigenvalue weighted by atomic mass is 32.2. The average Bonchev–Trinajstić information content (AvgIpc) is 2.26. The minimum atomic E-state index is -3.38. The molecule has 18 heavy (non-hydrogen) atoms. The van der Waals surface area contributed by atoms with E-state index in [-0.39, 0.29) is 6.61 Å². The number of benzene rings is 1. The maximum Gasteiger partial charge on any atom is 0.264 e. The first-order valence-electron chi connectivity index (χ1n) is 5.45. The Bertz CT molecular complexity index is 530. The lowest BCUT2D eigenvalue weighted by Gasteiger charge is -2.33. The molecule has 0 saturated heterocycles. The van der Waals surface area contributed by atoms with E-state index in [1.165, 1.54) is 11.8 Å². The van der Waals surface area contributed by atoms with E-state index >= 15 is 0 Å². The smallest absolute Gasteiger partial charge is 0.264 e. The van der Waals surface area contributed by atoms with Crippen LogP contribution in [0.25, 0.3) is 0 Å². The van der Waals surface area contributed by atoms with Crippen molar-refractivity contribution in [3.63, 3.8) is 0 Å². The Morgan fingerprint density at radius 2 is 2.28 bits per heavy atom. The summed E-state index contributed by atoms with van der Waals surface area (Å²) in [4.78, 5) is 1.12. The average molecular weight is 288 g/mol. The third kappa shape index (κ3) is 3.96. The van der Waals surface area contributed by atoms with Crippen LogP contribution in [0.15, 0.2) is 23.1 Å². The van der Waals surface area contributed by atoms with Gasteiger partial charge in [0.15, 0.2) is 0 Å². The van der Waals surface area contributed by atoms with Gasteiger partial charge in [0.1, 0.15) is 0 Å². The molecule has 0 aromatic heterocycles. The Balaban J connectivity index is 2.00. The standard InChI is InChI=1S/C11H14NO4S2/c1-18(14,15)16-5-4-9-2-3-11-10(6-9)7-12(13)8-17-11/h2-3,6H,4-5,7-8H2,1H3/q-1. The number of nitrogens with zero attached hydrogens (tertiary/aromatic N) is 1. The summed E-state index contributed by atoms with van der Waals surface area (Å²) in [6.07, 6.45) is 1.55. The topological polar surface area (TPSA) is 69.7 Å². The van der Waals surface area contributed by atoms with Crippen LogP contribution in [-0.2, 0) is 27.3 Å². The Morgan fingerprint density at radius 1 is 1.50 bits per heavy atom. The fourth-order valence-electron chi connectivity index (χ4n) is 1.74. The van der Waals surface area contributed by atoms with E-state index in [0.29, 0.717) is 18.8 Å². The molecule has 100 valence electrons. The molecular weight excluding hydrogens is 274 g/mol. The molecule has 1 aromatic rings. The summed E-state index contributed by atoms with van der Waals surface area (Å²) in [5.41, 5.74) is 1.98. The molecular formula is C11H14NO4S2-. The van der Waals surface area contributed by atoms with Gasteiger partial charge in [-0.05, 0) is 23.6 Å². The zero-order chi connectivity index (χ0) is 13.2. The molecule has 0 aliphatic carbocycles. The van der Waals surface area contributed by atoms with Crippen molar-refractivity contribution in [2.24, 2.45) is 0 Å². The molecule has 2 rings (SSSR count). The zero-order valence-corrected chi connectivity index (χ0v) is 11.6.